The first kappa shape index (κ1) is 16.4. The Bertz CT molecular complexity index is 454. The molecule has 2 rings (SSSR count). The second kappa shape index (κ2) is 7.85. The highest BCUT2D eigenvalue weighted by molar-refractivity contribution is 7.99. The zero-order chi connectivity index (χ0) is 15.2. The van der Waals surface area contributed by atoms with Gasteiger partial charge in [0.2, 0.25) is 0 Å². The van der Waals surface area contributed by atoms with Crippen molar-refractivity contribution in [2.45, 2.75) is 56.0 Å². The number of carbonyl (C=O) groups excluding carboxylic acids is 1. The lowest BCUT2D eigenvalue weighted by Gasteiger charge is -2.15. The molecule has 1 saturated carbocycles. The molecule has 1 aliphatic rings. The fraction of sp³-hybridized carbons (Fsp3) is 0.588. The van der Waals surface area contributed by atoms with Gasteiger partial charge in [-0.3, -0.25) is 4.79 Å². The zero-order valence-electron chi connectivity index (χ0n) is 13.1. The van der Waals surface area contributed by atoms with Crippen molar-refractivity contribution in [2.75, 3.05) is 12.9 Å². The molecule has 21 heavy (non-hydrogen) atoms. The number of methoxy groups -OCH3 is 1. The van der Waals surface area contributed by atoms with E-state index in [4.69, 9.17) is 4.74 Å². The van der Waals surface area contributed by atoms with E-state index in [1.54, 1.807) is 11.8 Å². The number of ether oxygens (including phenoxy) is 1. The van der Waals surface area contributed by atoms with Crippen LogP contribution in [0, 0.1) is 0 Å². The molecular formula is C17H25NO2S. The Morgan fingerprint density at radius 3 is 2.52 bits per heavy atom. The first-order valence-corrected chi connectivity index (χ1v) is 8.65. The van der Waals surface area contributed by atoms with Crippen LogP contribution >= 0.6 is 11.8 Å². The maximum atomic E-state index is 11.7. The Balaban J connectivity index is 1.79. The van der Waals surface area contributed by atoms with Crippen LogP contribution in [0.25, 0.3) is 0 Å². The number of hydrogen-bond acceptors (Lipinski definition) is 4. The molecule has 1 N–H and O–H groups in total. The monoisotopic (exact) mass is 307 g/mol. The molecular weight excluding hydrogens is 282 g/mol. The van der Waals surface area contributed by atoms with Gasteiger partial charge in [0.15, 0.2) is 0 Å². The van der Waals surface area contributed by atoms with Crippen molar-refractivity contribution in [1.29, 1.82) is 0 Å². The van der Waals surface area contributed by atoms with Gasteiger partial charge >= 0.3 is 5.97 Å². The first-order valence-electron chi connectivity index (χ1n) is 7.66. The summed E-state index contributed by atoms with van der Waals surface area (Å²) in [6.07, 6.45) is 3.16. The van der Waals surface area contributed by atoms with Gasteiger partial charge in [-0.15, -0.1) is 11.8 Å². The van der Waals surface area contributed by atoms with Crippen molar-refractivity contribution in [3.63, 3.8) is 0 Å². The van der Waals surface area contributed by atoms with E-state index in [0.29, 0.717) is 12.0 Å². The molecule has 0 heterocycles. The van der Waals surface area contributed by atoms with Gasteiger partial charge in [-0.2, -0.15) is 0 Å². The molecule has 1 aliphatic carbocycles. The van der Waals surface area contributed by atoms with Gasteiger partial charge in [-0.25, -0.2) is 0 Å². The van der Waals surface area contributed by atoms with E-state index in [-0.39, 0.29) is 12.0 Å². The highest BCUT2D eigenvalue weighted by atomic mass is 32.2. The molecule has 0 aliphatic heterocycles. The summed E-state index contributed by atoms with van der Waals surface area (Å²) in [5.41, 5.74) is 1.36. The molecule has 0 bridgehead atoms. The molecule has 0 amide bonds. The van der Waals surface area contributed by atoms with Crippen molar-refractivity contribution in [2.24, 2.45) is 0 Å². The quantitative estimate of drug-likeness (QED) is 0.588. The fourth-order valence-electron chi connectivity index (χ4n) is 2.19. The lowest BCUT2D eigenvalue weighted by Crippen LogP contribution is -2.39. The van der Waals surface area contributed by atoms with Crippen LogP contribution in [0.1, 0.15) is 44.6 Å². The number of rotatable bonds is 8. The van der Waals surface area contributed by atoms with Gasteiger partial charge in [-0.05, 0) is 42.9 Å². The van der Waals surface area contributed by atoms with Crippen molar-refractivity contribution in [3.05, 3.63) is 29.8 Å². The van der Waals surface area contributed by atoms with Crippen LogP contribution < -0.4 is 5.32 Å². The Hall–Kier alpha value is -1.00. The first-order chi connectivity index (χ1) is 10.1. The molecule has 1 fully saturated rings. The molecule has 1 atom stereocenters. The van der Waals surface area contributed by atoms with E-state index in [9.17, 15) is 4.79 Å². The van der Waals surface area contributed by atoms with E-state index < -0.39 is 0 Å². The van der Waals surface area contributed by atoms with Crippen LogP contribution in [0.2, 0.25) is 0 Å². The summed E-state index contributed by atoms with van der Waals surface area (Å²) in [5, 5.41) is 3.36. The SMILES string of the molecule is COC(=O)C(CCSc1ccc(C(C)C)cc1)NC1CC1. The molecule has 0 aromatic heterocycles. The van der Waals surface area contributed by atoms with Crippen molar-refractivity contribution < 1.29 is 9.53 Å². The van der Waals surface area contributed by atoms with Crippen LogP contribution in [0.5, 0.6) is 0 Å². The van der Waals surface area contributed by atoms with Crippen LogP contribution in [-0.4, -0.2) is 30.9 Å². The van der Waals surface area contributed by atoms with Gasteiger partial charge in [0, 0.05) is 16.7 Å². The molecule has 116 valence electrons. The van der Waals surface area contributed by atoms with Crippen LogP contribution in [0.4, 0.5) is 0 Å². The maximum Gasteiger partial charge on any atom is 0.322 e. The van der Waals surface area contributed by atoms with Crippen LogP contribution in [-0.2, 0) is 9.53 Å². The van der Waals surface area contributed by atoms with Crippen LogP contribution in [0.3, 0.4) is 0 Å². The summed E-state index contributed by atoms with van der Waals surface area (Å²) in [4.78, 5) is 13.0. The normalized spacial score (nSPS) is 16.0. The van der Waals surface area contributed by atoms with Gasteiger partial charge in [0.05, 0.1) is 7.11 Å². The van der Waals surface area contributed by atoms with E-state index in [1.807, 2.05) is 0 Å². The van der Waals surface area contributed by atoms with Gasteiger partial charge in [0.1, 0.15) is 6.04 Å². The molecule has 4 heteroatoms. The standard InChI is InChI=1S/C17H25NO2S/c1-12(2)13-4-8-15(9-5-13)21-11-10-16(17(19)20-3)18-14-6-7-14/h4-5,8-9,12,14,16,18H,6-7,10-11H2,1-3H3. The second-order valence-electron chi connectivity index (χ2n) is 5.88. The maximum absolute atomic E-state index is 11.7. The Morgan fingerprint density at radius 2 is 2.00 bits per heavy atom. The summed E-state index contributed by atoms with van der Waals surface area (Å²) in [6.45, 7) is 4.40. The highest BCUT2D eigenvalue weighted by Crippen LogP contribution is 2.24. The lowest BCUT2D eigenvalue weighted by atomic mass is 10.0. The number of benzene rings is 1. The Kier molecular flexibility index (Phi) is 6.12. The third-order valence-electron chi connectivity index (χ3n) is 3.72. The minimum atomic E-state index is -0.162. The predicted molar refractivity (Wildman–Crippen MR) is 87.8 cm³/mol. The fourth-order valence-corrected chi connectivity index (χ4v) is 3.11. The van der Waals surface area contributed by atoms with Gasteiger partial charge < -0.3 is 10.1 Å². The van der Waals surface area contributed by atoms with Crippen molar-refractivity contribution >= 4 is 17.7 Å². The molecule has 0 radical (unpaired) electrons. The summed E-state index contributed by atoms with van der Waals surface area (Å²) >= 11 is 1.80. The molecule has 0 saturated heterocycles. The number of thioether (sulfide) groups is 1. The Labute approximate surface area is 131 Å². The number of esters is 1. The van der Waals surface area contributed by atoms with Crippen molar-refractivity contribution in [1.82, 2.24) is 5.32 Å². The minimum Gasteiger partial charge on any atom is -0.468 e. The lowest BCUT2D eigenvalue weighted by molar-refractivity contribution is -0.143. The predicted octanol–water partition coefficient (Wildman–Crippen LogP) is 3.59. The second-order valence-corrected chi connectivity index (χ2v) is 7.05. The molecule has 0 spiro atoms. The summed E-state index contributed by atoms with van der Waals surface area (Å²) < 4.78 is 4.88. The van der Waals surface area contributed by atoms with E-state index in [2.05, 4.69) is 43.4 Å². The summed E-state index contributed by atoms with van der Waals surface area (Å²) in [7, 11) is 1.46. The third-order valence-corrected chi connectivity index (χ3v) is 4.77. The zero-order valence-corrected chi connectivity index (χ0v) is 13.9. The van der Waals surface area contributed by atoms with Crippen LogP contribution in [0.15, 0.2) is 29.2 Å². The number of carbonyl (C=O) groups is 1. The average molecular weight is 307 g/mol. The molecule has 1 aromatic rings. The Morgan fingerprint density at radius 1 is 1.33 bits per heavy atom. The summed E-state index contributed by atoms with van der Waals surface area (Å²) in [5.74, 6) is 1.34. The van der Waals surface area contributed by atoms with E-state index in [0.717, 1.165) is 12.2 Å². The third kappa shape index (κ3) is 5.36. The van der Waals surface area contributed by atoms with E-state index >= 15 is 0 Å². The molecule has 3 nitrogen and oxygen atoms in total. The van der Waals surface area contributed by atoms with E-state index in [1.165, 1.54) is 30.4 Å². The van der Waals surface area contributed by atoms with Gasteiger partial charge in [-0.1, -0.05) is 26.0 Å². The van der Waals surface area contributed by atoms with Crippen molar-refractivity contribution in [3.8, 4) is 0 Å². The smallest absolute Gasteiger partial charge is 0.322 e. The topological polar surface area (TPSA) is 38.3 Å². The summed E-state index contributed by atoms with van der Waals surface area (Å²) in [6, 6.07) is 9.07. The molecule has 1 aromatic carbocycles. The molecule has 1 unspecified atom stereocenters. The average Bonchev–Trinajstić information content (AvgIpc) is 3.30. The largest absolute Gasteiger partial charge is 0.468 e. The van der Waals surface area contributed by atoms with Gasteiger partial charge in [0.25, 0.3) is 0 Å². The number of nitrogens with one attached hydrogen (secondary N) is 1. The number of hydrogen-bond donors (Lipinski definition) is 1. The minimum absolute atomic E-state index is 0.141. The highest BCUT2D eigenvalue weighted by Gasteiger charge is 2.28.